The topological polar surface area (TPSA) is 81.6 Å². The minimum absolute atomic E-state index is 0. The molecule has 0 bridgehead atoms. The van der Waals surface area contributed by atoms with E-state index in [1.54, 1.807) is 31.6 Å². The molecule has 7 nitrogen and oxygen atoms in total. The number of anilines is 1. The quantitative estimate of drug-likeness (QED) is 0.256. The Morgan fingerprint density at radius 1 is 1.17 bits per heavy atom. The number of hydrogen-bond acceptors (Lipinski definition) is 4. The predicted molar refractivity (Wildman–Crippen MR) is 135 cm³/mol. The van der Waals surface area contributed by atoms with Gasteiger partial charge < -0.3 is 16.0 Å². The Kier molecular flexibility index (Phi) is 12.3. The molecule has 0 aliphatic carbocycles. The number of likely N-dealkylation sites (N-methyl/N-ethyl adjacent to an activating group) is 1. The summed E-state index contributed by atoms with van der Waals surface area (Å²) in [6.45, 7) is 6.75. The highest BCUT2D eigenvalue weighted by atomic mass is 127. The first kappa shape index (κ1) is 26.1. The number of nitrogens with one attached hydrogen (secondary N) is 3. The summed E-state index contributed by atoms with van der Waals surface area (Å²) in [6, 6.07) is 11.5. The van der Waals surface area contributed by atoms with E-state index in [0.717, 1.165) is 23.7 Å². The van der Waals surface area contributed by atoms with Gasteiger partial charge in [0.1, 0.15) is 0 Å². The van der Waals surface area contributed by atoms with E-state index in [1.807, 2.05) is 24.3 Å². The minimum atomic E-state index is -0.174. The number of aliphatic imine (C=N–C) groups is 1. The summed E-state index contributed by atoms with van der Waals surface area (Å²) >= 11 is 6.45. The highest BCUT2D eigenvalue weighted by Gasteiger charge is 2.20. The lowest BCUT2D eigenvalue weighted by molar-refractivity contribution is -0.115. The van der Waals surface area contributed by atoms with Gasteiger partial charge in [-0.05, 0) is 36.9 Å². The Morgan fingerprint density at radius 2 is 1.90 bits per heavy atom. The van der Waals surface area contributed by atoms with Gasteiger partial charge in [-0.3, -0.25) is 19.7 Å². The number of amides is 1. The molecular weight excluding hydrogens is 515 g/mol. The van der Waals surface area contributed by atoms with Crippen LogP contribution in [0.3, 0.4) is 0 Å². The summed E-state index contributed by atoms with van der Waals surface area (Å²) in [4.78, 5) is 22.7. The van der Waals surface area contributed by atoms with Crippen molar-refractivity contribution in [2.75, 3.05) is 38.5 Å². The van der Waals surface area contributed by atoms with Crippen molar-refractivity contribution < 1.29 is 4.79 Å². The molecule has 1 amide bonds. The first-order chi connectivity index (χ1) is 14.1. The van der Waals surface area contributed by atoms with Crippen LogP contribution >= 0.6 is 35.6 Å². The zero-order valence-electron chi connectivity index (χ0n) is 17.6. The van der Waals surface area contributed by atoms with Gasteiger partial charge in [0.15, 0.2) is 5.96 Å². The molecule has 164 valence electrons. The summed E-state index contributed by atoms with van der Waals surface area (Å²) in [5, 5.41) is 9.87. The van der Waals surface area contributed by atoms with Crippen molar-refractivity contribution in [2.45, 2.75) is 19.9 Å². The van der Waals surface area contributed by atoms with E-state index in [1.165, 1.54) is 0 Å². The summed E-state index contributed by atoms with van der Waals surface area (Å²) in [6.07, 6.45) is 3.26. The van der Waals surface area contributed by atoms with Crippen LogP contribution in [0.25, 0.3) is 0 Å². The van der Waals surface area contributed by atoms with Crippen molar-refractivity contribution in [1.29, 1.82) is 0 Å². The predicted octanol–water partition coefficient (Wildman–Crippen LogP) is 3.54. The number of aromatic nitrogens is 1. The van der Waals surface area contributed by atoms with E-state index in [0.29, 0.717) is 18.2 Å². The number of pyridine rings is 1. The van der Waals surface area contributed by atoms with Crippen molar-refractivity contribution in [1.82, 2.24) is 20.5 Å². The maximum Gasteiger partial charge on any atom is 0.243 e. The number of halogens is 2. The molecule has 0 aliphatic rings. The van der Waals surface area contributed by atoms with Crippen LogP contribution in [-0.4, -0.2) is 55.0 Å². The monoisotopic (exact) mass is 544 g/mol. The van der Waals surface area contributed by atoms with E-state index in [-0.39, 0.29) is 42.5 Å². The molecule has 9 heteroatoms. The molecule has 2 aromatic rings. The van der Waals surface area contributed by atoms with Crippen LogP contribution in [0.15, 0.2) is 53.8 Å². The molecule has 0 spiro atoms. The fraction of sp³-hybridized carbons (Fsp3) is 0.381. The highest BCUT2D eigenvalue weighted by molar-refractivity contribution is 14.0. The molecular formula is C21H30ClIN6O. The van der Waals surface area contributed by atoms with Crippen LogP contribution in [0.4, 0.5) is 5.69 Å². The second-order valence-corrected chi connectivity index (χ2v) is 6.76. The second kappa shape index (κ2) is 14.2. The van der Waals surface area contributed by atoms with E-state index in [9.17, 15) is 4.79 Å². The zero-order valence-corrected chi connectivity index (χ0v) is 20.6. The van der Waals surface area contributed by atoms with Gasteiger partial charge >= 0.3 is 0 Å². The van der Waals surface area contributed by atoms with Crippen LogP contribution in [-0.2, 0) is 4.79 Å². The Hall–Kier alpha value is -1.91. The minimum Gasteiger partial charge on any atom is -0.354 e. The summed E-state index contributed by atoms with van der Waals surface area (Å²) in [7, 11) is 1.68. The molecule has 3 N–H and O–H groups in total. The number of carbonyl (C=O) groups is 1. The third-order valence-electron chi connectivity index (χ3n) is 4.57. The Bertz CT molecular complexity index is 801. The molecule has 1 unspecified atom stereocenters. The van der Waals surface area contributed by atoms with Gasteiger partial charge in [0.05, 0.1) is 24.5 Å². The largest absolute Gasteiger partial charge is 0.354 e. The van der Waals surface area contributed by atoms with Crippen LogP contribution in [0, 0.1) is 0 Å². The number of hydrogen-bond donors (Lipinski definition) is 3. The van der Waals surface area contributed by atoms with Crippen molar-refractivity contribution >= 4 is 53.1 Å². The third kappa shape index (κ3) is 8.08. The molecule has 0 fully saturated rings. The van der Waals surface area contributed by atoms with Gasteiger partial charge in [-0.25, -0.2) is 0 Å². The number of carbonyl (C=O) groups excluding carboxylic acids is 1. The van der Waals surface area contributed by atoms with Crippen molar-refractivity contribution in [3.63, 3.8) is 0 Å². The molecule has 0 saturated heterocycles. The lowest BCUT2D eigenvalue weighted by Crippen LogP contribution is -2.45. The van der Waals surface area contributed by atoms with Gasteiger partial charge in [0, 0.05) is 24.8 Å². The van der Waals surface area contributed by atoms with Gasteiger partial charge in [-0.1, -0.05) is 43.6 Å². The number of nitrogens with zero attached hydrogens (tertiary/aromatic N) is 3. The van der Waals surface area contributed by atoms with Crippen LogP contribution in [0.1, 0.15) is 25.5 Å². The van der Waals surface area contributed by atoms with E-state index >= 15 is 0 Å². The summed E-state index contributed by atoms with van der Waals surface area (Å²) in [5.41, 5.74) is 1.72. The number of rotatable bonds is 9. The van der Waals surface area contributed by atoms with E-state index < -0.39 is 0 Å². The molecule has 1 aromatic heterocycles. The summed E-state index contributed by atoms with van der Waals surface area (Å²) in [5.74, 6) is 0.378. The molecule has 0 radical (unpaired) electrons. The Morgan fingerprint density at radius 3 is 2.50 bits per heavy atom. The van der Waals surface area contributed by atoms with Crippen molar-refractivity contribution in [3.05, 3.63) is 59.4 Å². The first-order valence-corrected chi connectivity index (χ1v) is 10.1. The molecule has 2 rings (SSSR count). The van der Waals surface area contributed by atoms with E-state index in [2.05, 4.69) is 44.7 Å². The molecule has 1 heterocycles. The zero-order chi connectivity index (χ0) is 21.1. The molecule has 0 aliphatic heterocycles. The maximum absolute atomic E-state index is 12.1. The Labute approximate surface area is 200 Å². The van der Waals surface area contributed by atoms with Gasteiger partial charge in [0.2, 0.25) is 5.91 Å². The average molecular weight is 545 g/mol. The van der Waals surface area contributed by atoms with Gasteiger partial charge in [0.25, 0.3) is 0 Å². The SMILES string of the molecule is CCN(CC)C(CNC(=NC)NCC(=O)Nc1cccnc1)c1ccccc1Cl.I. The normalized spacial score (nSPS) is 12.1. The number of benzene rings is 1. The molecule has 30 heavy (non-hydrogen) atoms. The smallest absolute Gasteiger partial charge is 0.243 e. The molecule has 0 saturated carbocycles. The van der Waals surface area contributed by atoms with Gasteiger partial charge in [-0.15, -0.1) is 24.0 Å². The Balaban J connectivity index is 0.00000450. The van der Waals surface area contributed by atoms with E-state index in [4.69, 9.17) is 11.6 Å². The third-order valence-corrected chi connectivity index (χ3v) is 4.91. The van der Waals surface area contributed by atoms with Crippen LogP contribution < -0.4 is 16.0 Å². The fourth-order valence-corrected chi connectivity index (χ4v) is 3.33. The fourth-order valence-electron chi connectivity index (χ4n) is 3.07. The molecule has 1 atom stereocenters. The highest BCUT2D eigenvalue weighted by Crippen LogP contribution is 2.26. The standard InChI is InChI=1S/C21H29ClN6O.HI/c1-4-28(5-2)19(17-10-6-7-11-18(17)22)14-25-21(23-3)26-15-20(29)27-16-9-8-12-24-13-16;/h6-13,19H,4-5,14-15H2,1-3H3,(H,27,29)(H2,23,25,26);1H. The van der Waals surface area contributed by atoms with Crippen molar-refractivity contribution in [3.8, 4) is 0 Å². The van der Waals surface area contributed by atoms with Crippen molar-refractivity contribution in [2.24, 2.45) is 4.99 Å². The number of guanidine groups is 1. The van der Waals surface area contributed by atoms with Gasteiger partial charge in [-0.2, -0.15) is 0 Å². The van der Waals surface area contributed by atoms with Crippen LogP contribution in [0.5, 0.6) is 0 Å². The average Bonchev–Trinajstić information content (AvgIpc) is 2.74. The van der Waals surface area contributed by atoms with Crippen LogP contribution in [0.2, 0.25) is 5.02 Å². The summed E-state index contributed by atoms with van der Waals surface area (Å²) < 4.78 is 0. The lowest BCUT2D eigenvalue weighted by Gasteiger charge is -2.31. The maximum atomic E-state index is 12.1. The first-order valence-electron chi connectivity index (χ1n) is 9.71. The lowest BCUT2D eigenvalue weighted by atomic mass is 10.0. The molecule has 1 aromatic carbocycles. The second-order valence-electron chi connectivity index (χ2n) is 6.36.